The van der Waals surface area contributed by atoms with Crippen LogP contribution >= 0.6 is 24.0 Å². The molecule has 1 amide bonds. The van der Waals surface area contributed by atoms with Crippen molar-refractivity contribution in [1.29, 1.82) is 0 Å². The first-order valence-electron chi connectivity index (χ1n) is 10.9. The lowest BCUT2D eigenvalue weighted by Gasteiger charge is -2.26. The first kappa shape index (κ1) is 28.5. The van der Waals surface area contributed by atoms with E-state index in [1.807, 2.05) is 13.8 Å². The fraction of sp³-hybridized carbons (Fsp3) is 0.714. The lowest BCUT2D eigenvalue weighted by Crippen LogP contribution is -2.42. The molecule has 1 atom stereocenters. The predicted molar refractivity (Wildman–Crippen MR) is 130 cm³/mol. The highest BCUT2D eigenvalue weighted by molar-refractivity contribution is 14.0. The van der Waals surface area contributed by atoms with Crippen molar-refractivity contribution in [2.24, 2.45) is 10.9 Å². The molecule has 1 aliphatic heterocycles. The number of carbonyl (C=O) groups is 1. The van der Waals surface area contributed by atoms with Crippen molar-refractivity contribution in [1.82, 2.24) is 20.4 Å². The molecular formula is C21H35F3IN5O2. The van der Waals surface area contributed by atoms with Crippen LogP contribution in [0.1, 0.15) is 42.8 Å². The van der Waals surface area contributed by atoms with Gasteiger partial charge in [0.25, 0.3) is 5.91 Å². The quantitative estimate of drug-likeness (QED) is 0.194. The van der Waals surface area contributed by atoms with E-state index in [4.69, 9.17) is 4.42 Å². The number of halogens is 4. The predicted octanol–water partition coefficient (Wildman–Crippen LogP) is 3.50. The van der Waals surface area contributed by atoms with Gasteiger partial charge < -0.3 is 20.0 Å². The normalized spacial score (nSPS) is 16.9. The Hall–Kier alpha value is -1.50. The van der Waals surface area contributed by atoms with E-state index in [1.54, 1.807) is 13.0 Å². The van der Waals surface area contributed by atoms with Gasteiger partial charge in [0.15, 0.2) is 11.7 Å². The van der Waals surface area contributed by atoms with Crippen molar-refractivity contribution in [3.63, 3.8) is 0 Å². The highest BCUT2D eigenvalue weighted by Crippen LogP contribution is 2.21. The highest BCUT2D eigenvalue weighted by Gasteiger charge is 2.33. The Morgan fingerprint density at radius 2 is 2.09 bits per heavy atom. The SMILES string of the molecule is CCNC(=NCCCNC(=O)c1occc1C)N1CCC(CN(CC)CC(F)(F)F)C1.I. The summed E-state index contributed by atoms with van der Waals surface area (Å²) in [4.78, 5) is 20.2. The molecule has 0 aliphatic carbocycles. The molecule has 0 spiro atoms. The summed E-state index contributed by atoms with van der Waals surface area (Å²) >= 11 is 0. The van der Waals surface area contributed by atoms with Crippen molar-refractivity contribution in [3.05, 3.63) is 23.7 Å². The molecule has 2 heterocycles. The molecule has 0 aromatic carbocycles. The van der Waals surface area contributed by atoms with E-state index >= 15 is 0 Å². The van der Waals surface area contributed by atoms with Crippen molar-refractivity contribution in [2.75, 3.05) is 52.4 Å². The summed E-state index contributed by atoms with van der Waals surface area (Å²) in [5, 5.41) is 6.08. The van der Waals surface area contributed by atoms with E-state index in [9.17, 15) is 18.0 Å². The minimum absolute atomic E-state index is 0. The second-order valence-corrected chi connectivity index (χ2v) is 7.82. The number of carbonyl (C=O) groups excluding carboxylic acids is 1. The number of nitrogens with one attached hydrogen (secondary N) is 2. The van der Waals surface area contributed by atoms with Crippen LogP contribution in [0.15, 0.2) is 21.7 Å². The van der Waals surface area contributed by atoms with Crippen molar-refractivity contribution >= 4 is 35.8 Å². The van der Waals surface area contributed by atoms with Crippen molar-refractivity contribution in [3.8, 4) is 0 Å². The van der Waals surface area contributed by atoms with Crippen LogP contribution in [0.4, 0.5) is 13.2 Å². The van der Waals surface area contributed by atoms with Crippen molar-refractivity contribution < 1.29 is 22.4 Å². The van der Waals surface area contributed by atoms with Gasteiger partial charge in [0.1, 0.15) is 0 Å². The molecule has 0 radical (unpaired) electrons. The van der Waals surface area contributed by atoms with Gasteiger partial charge in [-0.2, -0.15) is 13.2 Å². The van der Waals surface area contributed by atoms with Gasteiger partial charge in [0.2, 0.25) is 0 Å². The summed E-state index contributed by atoms with van der Waals surface area (Å²) in [5.41, 5.74) is 0.797. The zero-order valence-corrected chi connectivity index (χ0v) is 21.3. The van der Waals surface area contributed by atoms with E-state index in [0.29, 0.717) is 51.4 Å². The lowest BCUT2D eigenvalue weighted by atomic mass is 10.1. The van der Waals surface area contributed by atoms with Gasteiger partial charge in [-0.25, -0.2) is 0 Å². The number of aliphatic imine (C=N–C) groups is 1. The monoisotopic (exact) mass is 573 g/mol. The number of furan rings is 1. The molecular weight excluding hydrogens is 538 g/mol. The van der Waals surface area contributed by atoms with Crippen LogP contribution < -0.4 is 10.6 Å². The summed E-state index contributed by atoms with van der Waals surface area (Å²) in [6.07, 6.45) is -1.16. The Kier molecular flexibility index (Phi) is 12.4. The van der Waals surface area contributed by atoms with Gasteiger partial charge in [-0.3, -0.25) is 14.7 Å². The van der Waals surface area contributed by atoms with Gasteiger partial charge in [0.05, 0.1) is 12.8 Å². The maximum atomic E-state index is 12.7. The number of rotatable bonds is 10. The molecule has 1 fully saturated rings. The standard InChI is InChI=1S/C21H34F3N5O2.HI/c1-4-25-20(27-10-6-9-26-19(30)18-16(3)8-12-31-18)29-11-7-17(14-29)13-28(5-2)15-21(22,23)24;/h8,12,17H,4-7,9-11,13-15H2,1-3H3,(H,25,27)(H,26,30);1H. The second kappa shape index (κ2) is 13.9. The fourth-order valence-electron chi connectivity index (χ4n) is 3.68. The third-order valence-corrected chi connectivity index (χ3v) is 5.24. The zero-order chi connectivity index (χ0) is 22.9. The van der Waals surface area contributed by atoms with Crippen LogP contribution in [0.3, 0.4) is 0 Å². The average molecular weight is 573 g/mol. The number of amides is 1. The number of likely N-dealkylation sites (tertiary alicyclic amines) is 1. The van der Waals surface area contributed by atoms with Gasteiger partial charge >= 0.3 is 6.18 Å². The summed E-state index contributed by atoms with van der Waals surface area (Å²) in [5.74, 6) is 1.05. The Balaban J connectivity index is 0.00000512. The molecule has 1 aromatic heterocycles. The average Bonchev–Trinajstić information content (AvgIpc) is 3.34. The van der Waals surface area contributed by atoms with Crippen LogP contribution in [-0.2, 0) is 0 Å². The third kappa shape index (κ3) is 9.55. The number of aryl methyl sites for hydroxylation is 1. The third-order valence-electron chi connectivity index (χ3n) is 5.24. The molecule has 1 unspecified atom stereocenters. The minimum atomic E-state index is -4.17. The molecule has 0 bridgehead atoms. The van der Waals surface area contributed by atoms with Gasteiger partial charge in [-0.05, 0) is 45.2 Å². The Morgan fingerprint density at radius 1 is 1.34 bits per heavy atom. The highest BCUT2D eigenvalue weighted by atomic mass is 127. The molecule has 1 saturated heterocycles. The number of hydrogen-bond acceptors (Lipinski definition) is 4. The molecule has 0 saturated carbocycles. The van der Waals surface area contributed by atoms with Crippen LogP contribution in [0.2, 0.25) is 0 Å². The van der Waals surface area contributed by atoms with Crippen LogP contribution in [0, 0.1) is 12.8 Å². The smallest absolute Gasteiger partial charge is 0.401 e. The Labute approximate surface area is 205 Å². The molecule has 184 valence electrons. The van der Waals surface area contributed by atoms with E-state index in [-0.39, 0.29) is 35.8 Å². The maximum Gasteiger partial charge on any atom is 0.401 e. The van der Waals surface area contributed by atoms with Crippen LogP contribution in [0.5, 0.6) is 0 Å². The molecule has 2 N–H and O–H groups in total. The molecule has 7 nitrogen and oxygen atoms in total. The number of alkyl halides is 3. The number of guanidine groups is 1. The number of hydrogen-bond donors (Lipinski definition) is 2. The summed E-state index contributed by atoms with van der Waals surface area (Å²) < 4.78 is 43.3. The fourth-order valence-corrected chi connectivity index (χ4v) is 3.68. The Bertz CT molecular complexity index is 727. The summed E-state index contributed by atoms with van der Waals surface area (Å²) in [7, 11) is 0. The topological polar surface area (TPSA) is 73.1 Å². The lowest BCUT2D eigenvalue weighted by molar-refractivity contribution is -0.146. The van der Waals surface area contributed by atoms with Crippen LogP contribution in [0.25, 0.3) is 0 Å². The molecule has 1 aliphatic rings. The van der Waals surface area contributed by atoms with Gasteiger partial charge in [-0.15, -0.1) is 24.0 Å². The first-order chi connectivity index (χ1) is 14.7. The van der Waals surface area contributed by atoms with Gasteiger partial charge in [0, 0.05) is 44.8 Å². The van der Waals surface area contributed by atoms with Crippen molar-refractivity contribution in [2.45, 2.75) is 39.8 Å². The first-order valence-corrected chi connectivity index (χ1v) is 10.9. The van der Waals surface area contributed by atoms with E-state index in [0.717, 1.165) is 24.5 Å². The minimum Gasteiger partial charge on any atom is -0.459 e. The second-order valence-electron chi connectivity index (χ2n) is 7.82. The molecule has 1 aromatic rings. The Morgan fingerprint density at radius 3 is 2.69 bits per heavy atom. The maximum absolute atomic E-state index is 12.7. The summed E-state index contributed by atoms with van der Waals surface area (Å²) in [6.45, 7) is 8.70. The zero-order valence-electron chi connectivity index (χ0n) is 19.0. The van der Waals surface area contributed by atoms with E-state index in [2.05, 4.69) is 20.5 Å². The van der Waals surface area contributed by atoms with Gasteiger partial charge in [-0.1, -0.05) is 6.92 Å². The summed E-state index contributed by atoms with van der Waals surface area (Å²) in [6, 6.07) is 1.74. The molecule has 2 rings (SSSR count). The largest absolute Gasteiger partial charge is 0.459 e. The van der Waals surface area contributed by atoms with E-state index < -0.39 is 12.7 Å². The number of nitrogens with zero attached hydrogens (tertiary/aromatic N) is 3. The molecule has 11 heteroatoms. The van der Waals surface area contributed by atoms with Crippen LogP contribution in [-0.4, -0.2) is 80.2 Å². The van der Waals surface area contributed by atoms with E-state index in [1.165, 1.54) is 11.2 Å². The molecule has 32 heavy (non-hydrogen) atoms.